The van der Waals surface area contributed by atoms with E-state index in [1.807, 2.05) is 6.07 Å². The molecule has 0 aromatic heterocycles. The van der Waals surface area contributed by atoms with Crippen molar-refractivity contribution in [2.75, 3.05) is 38.8 Å². The molecule has 8 heteroatoms. The van der Waals surface area contributed by atoms with Gasteiger partial charge in [-0.2, -0.15) is 13.7 Å². The van der Waals surface area contributed by atoms with Gasteiger partial charge in [0.1, 0.15) is 0 Å². The molecule has 0 aliphatic heterocycles. The van der Waals surface area contributed by atoms with Crippen LogP contribution in [-0.2, 0) is 14.3 Å². The van der Waals surface area contributed by atoms with Crippen LogP contribution in [0, 0.1) is 11.3 Å². The van der Waals surface area contributed by atoms with Gasteiger partial charge in [0.25, 0.3) is 16.0 Å². The van der Waals surface area contributed by atoms with Gasteiger partial charge >= 0.3 is 0 Å². The maximum atomic E-state index is 12.1. The zero-order valence-corrected chi connectivity index (χ0v) is 13.6. The molecule has 0 atom stereocenters. The lowest BCUT2D eigenvalue weighted by atomic mass is 10.1. The summed E-state index contributed by atoms with van der Waals surface area (Å²) in [6.07, 6.45) is 1.46. The summed E-state index contributed by atoms with van der Waals surface area (Å²) < 4.78 is 26.3. The Kier molecular flexibility index (Phi) is 6.34. The highest BCUT2D eigenvalue weighted by atomic mass is 32.2. The van der Waals surface area contributed by atoms with Gasteiger partial charge in [-0.3, -0.25) is 8.98 Å². The van der Waals surface area contributed by atoms with Crippen molar-refractivity contribution in [2.24, 2.45) is 0 Å². The van der Waals surface area contributed by atoms with Gasteiger partial charge in [-0.15, -0.1) is 0 Å². The fourth-order valence-electron chi connectivity index (χ4n) is 1.69. The average Bonchev–Trinajstić information content (AvgIpc) is 2.45. The number of carbonyl (C=O) groups excluding carboxylic acids is 1. The molecule has 0 spiro atoms. The normalized spacial score (nSPS) is 10.8. The molecule has 0 aliphatic carbocycles. The summed E-state index contributed by atoms with van der Waals surface area (Å²) in [5.74, 6) is -0.216. The fraction of sp³-hybridized carbons (Fsp3) is 0.429. The van der Waals surface area contributed by atoms with Crippen molar-refractivity contribution in [1.82, 2.24) is 4.90 Å². The first-order valence-electron chi connectivity index (χ1n) is 6.58. The number of nitrogens with zero attached hydrogens (tertiary/aromatic N) is 2. The summed E-state index contributed by atoms with van der Waals surface area (Å²) in [6.45, 7) is 0.508. The molecule has 1 aromatic rings. The van der Waals surface area contributed by atoms with E-state index < -0.39 is 10.1 Å². The summed E-state index contributed by atoms with van der Waals surface area (Å²) in [4.78, 5) is 13.6. The lowest BCUT2D eigenvalue weighted by molar-refractivity contribution is 0.0828. The molecule has 7 nitrogen and oxygen atoms in total. The van der Waals surface area contributed by atoms with Gasteiger partial charge in [0.2, 0.25) is 0 Å². The number of hydrogen-bond acceptors (Lipinski definition) is 6. The van der Waals surface area contributed by atoms with Crippen LogP contribution in [0.4, 0.5) is 5.69 Å². The second kappa shape index (κ2) is 7.77. The minimum absolute atomic E-state index is 0.0685. The highest BCUT2D eigenvalue weighted by Gasteiger charge is 2.14. The van der Waals surface area contributed by atoms with Crippen molar-refractivity contribution >= 4 is 21.7 Å². The Bertz CT molecular complexity index is 678. The SMILES string of the molecule is CN(C)C(=O)c1cc(C#N)ccc1NCCCOS(C)(=O)=O. The first kappa shape index (κ1) is 17.9. The predicted molar refractivity (Wildman–Crippen MR) is 83.1 cm³/mol. The third-order valence-corrected chi connectivity index (χ3v) is 3.31. The van der Waals surface area contributed by atoms with Crippen molar-refractivity contribution < 1.29 is 17.4 Å². The number of anilines is 1. The van der Waals surface area contributed by atoms with E-state index in [0.717, 1.165) is 6.26 Å². The number of carbonyl (C=O) groups is 1. The fourth-order valence-corrected chi connectivity index (χ4v) is 2.11. The smallest absolute Gasteiger partial charge is 0.264 e. The molecule has 0 saturated heterocycles. The molecule has 0 heterocycles. The Morgan fingerprint density at radius 1 is 1.41 bits per heavy atom. The highest BCUT2D eigenvalue weighted by molar-refractivity contribution is 7.85. The summed E-state index contributed by atoms with van der Waals surface area (Å²) in [6, 6.07) is 6.79. The van der Waals surface area contributed by atoms with E-state index in [-0.39, 0.29) is 12.5 Å². The summed E-state index contributed by atoms with van der Waals surface area (Å²) in [7, 11) is -0.176. The van der Waals surface area contributed by atoms with E-state index in [1.54, 1.807) is 26.2 Å². The van der Waals surface area contributed by atoms with E-state index in [4.69, 9.17) is 5.26 Å². The van der Waals surface area contributed by atoms with E-state index in [1.165, 1.54) is 11.0 Å². The van der Waals surface area contributed by atoms with Gasteiger partial charge < -0.3 is 10.2 Å². The second-order valence-corrected chi connectivity index (χ2v) is 6.52. The number of nitrogens with one attached hydrogen (secondary N) is 1. The highest BCUT2D eigenvalue weighted by Crippen LogP contribution is 2.19. The molecule has 0 unspecified atom stereocenters. The minimum atomic E-state index is -3.44. The molecule has 1 aromatic carbocycles. The predicted octanol–water partition coefficient (Wildman–Crippen LogP) is 1.04. The molecule has 0 saturated carbocycles. The summed E-state index contributed by atoms with van der Waals surface area (Å²) in [5, 5.41) is 12.0. The van der Waals surface area contributed by atoms with Crippen LogP contribution in [0.5, 0.6) is 0 Å². The molecule has 0 bridgehead atoms. The lowest BCUT2D eigenvalue weighted by Gasteiger charge is -2.15. The van der Waals surface area contributed by atoms with Gasteiger partial charge in [0.05, 0.1) is 30.1 Å². The van der Waals surface area contributed by atoms with E-state index in [0.29, 0.717) is 29.8 Å². The molecule has 0 radical (unpaired) electrons. The zero-order chi connectivity index (χ0) is 16.8. The van der Waals surface area contributed by atoms with Crippen molar-refractivity contribution in [1.29, 1.82) is 5.26 Å². The van der Waals surface area contributed by atoms with Gasteiger partial charge in [0, 0.05) is 26.3 Å². The van der Waals surface area contributed by atoms with Crippen LogP contribution in [-0.4, -0.2) is 52.7 Å². The van der Waals surface area contributed by atoms with Crippen molar-refractivity contribution in [2.45, 2.75) is 6.42 Å². The molecule has 0 fully saturated rings. The lowest BCUT2D eigenvalue weighted by Crippen LogP contribution is -2.23. The third kappa shape index (κ3) is 5.71. The van der Waals surface area contributed by atoms with Gasteiger partial charge in [-0.1, -0.05) is 0 Å². The molecule has 22 heavy (non-hydrogen) atoms. The molecular formula is C14H19N3O4S. The maximum absolute atomic E-state index is 12.1. The minimum Gasteiger partial charge on any atom is -0.384 e. The Hall–Kier alpha value is -2.11. The van der Waals surface area contributed by atoms with Gasteiger partial charge in [0.15, 0.2) is 0 Å². The van der Waals surface area contributed by atoms with E-state index >= 15 is 0 Å². The monoisotopic (exact) mass is 325 g/mol. The van der Waals surface area contributed by atoms with Crippen LogP contribution in [0.15, 0.2) is 18.2 Å². The van der Waals surface area contributed by atoms with Crippen molar-refractivity contribution in [3.63, 3.8) is 0 Å². The number of amides is 1. The number of nitriles is 1. The molecule has 1 N–H and O–H groups in total. The van der Waals surface area contributed by atoms with Crippen LogP contribution >= 0.6 is 0 Å². The molecule has 120 valence electrons. The summed E-state index contributed by atoms with van der Waals surface area (Å²) >= 11 is 0. The second-order valence-electron chi connectivity index (χ2n) is 4.88. The molecular weight excluding hydrogens is 306 g/mol. The third-order valence-electron chi connectivity index (χ3n) is 2.72. The topological polar surface area (TPSA) is 99.5 Å². The standard InChI is InChI=1S/C14H19N3O4S/c1-17(2)14(18)12-9-11(10-15)5-6-13(12)16-7-4-8-21-22(3,19)20/h5-6,9,16H,4,7-8H2,1-3H3. The Morgan fingerprint density at radius 3 is 2.64 bits per heavy atom. The number of benzene rings is 1. The van der Waals surface area contributed by atoms with E-state index in [2.05, 4.69) is 9.50 Å². The maximum Gasteiger partial charge on any atom is 0.264 e. The van der Waals surface area contributed by atoms with Crippen LogP contribution in [0.1, 0.15) is 22.3 Å². The van der Waals surface area contributed by atoms with E-state index in [9.17, 15) is 13.2 Å². The first-order valence-corrected chi connectivity index (χ1v) is 8.40. The molecule has 0 aliphatic rings. The van der Waals surface area contributed by atoms with Crippen LogP contribution in [0.25, 0.3) is 0 Å². The quantitative estimate of drug-likeness (QED) is 0.594. The number of rotatable bonds is 7. The van der Waals surface area contributed by atoms with Crippen LogP contribution < -0.4 is 5.32 Å². The van der Waals surface area contributed by atoms with Crippen molar-refractivity contribution in [3.05, 3.63) is 29.3 Å². The Balaban J connectivity index is 2.74. The average molecular weight is 325 g/mol. The van der Waals surface area contributed by atoms with Crippen molar-refractivity contribution in [3.8, 4) is 6.07 Å². The van der Waals surface area contributed by atoms with Gasteiger partial charge in [-0.25, -0.2) is 0 Å². The zero-order valence-electron chi connectivity index (χ0n) is 12.8. The Labute approximate surface area is 130 Å². The van der Waals surface area contributed by atoms with Crippen LogP contribution in [0.3, 0.4) is 0 Å². The summed E-state index contributed by atoms with van der Waals surface area (Å²) in [5.41, 5.74) is 1.39. The largest absolute Gasteiger partial charge is 0.384 e. The van der Waals surface area contributed by atoms with Crippen LogP contribution in [0.2, 0.25) is 0 Å². The molecule has 1 rings (SSSR count). The Morgan fingerprint density at radius 2 is 2.09 bits per heavy atom. The number of hydrogen-bond donors (Lipinski definition) is 1. The first-order chi connectivity index (χ1) is 10.2. The molecule has 1 amide bonds. The van der Waals surface area contributed by atoms with Gasteiger partial charge in [-0.05, 0) is 24.6 Å².